The van der Waals surface area contributed by atoms with E-state index < -0.39 is 12.1 Å². The maximum absolute atomic E-state index is 12.4. The Kier molecular flexibility index (Phi) is 4.53. The molecule has 0 N–H and O–H groups in total. The Morgan fingerprint density at radius 3 is 2.67 bits per heavy atom. The number of benzene rings is 1. The van der Waals surface area contributed by atoms with Gasteiger partial charge in [0.1, 0.15) is 6.10 Å². The SMILES string of the molecule is CC(OC(=O)c1cnc2c(cnn2C(C)C)c1)c1ccccc1Cl. The van der Waals surface area contributed by atoms with Gasteiger partial charge in [-0.3, -0.25) is 0 Å². The van der Waals surface area contributed by atoms with E-state index in [0.717, 1.165) is 16.6 Å². The molecule has 124 valence electrons. The Morgan fingerprint density at radius 2 is 1.96 bits per heavy atom. The molecule has 1 atom stereocenters. The number of carbonyl (C=O) groups excluding carboxylic acids is 1. The standard InChI is InChI=1S/C18H18ClN3O2/c1-11(2)22-17-13(10-21-22)8-14(9-20-17)18(23)24-12(3)15-6-4-5-7-16(15)19/h4-12H,1-3H3. The van der Waals surface area contributed by atoms with E-state index in [9.17, 15) is 4.79 Å². The quantitative estimate of drug-likeness (QED) is 0.650. The molecule has 3 rings (SSSR count). The monoisotopic (exact) mass is 343 g/mol. The van der Waals surface area contributed by atoms with E-state index in [-0.39, 0.29) is 6.04 Å². The molecule has 0 radical (unpaired) electrons. The van der Waals surface area contributed by atoms with Crippen molar-refractivity contribution in [3.05, 3.63) is 58.9 Å². The molecule has 0 bridgehead atoms. The molecule has 2 aromatic heterocycles. The Labute approximate surface area is 145 Å². The van der Waals surface area contributed by atoms with Gasteiger partial charge in [0.05, 0.1) is 11.8 Å². The molecule has 1 aromatic carbocycles. The lowest BCUT2D eigenvalue weighted by molar-refractivity contribution is 0.0338. The molecule has 24 heavy (non-hydrogen) atoms. The van der Waals surface area contributed by atoms with Gasteiger partial charge in [-0.2, -0.15) is 5.10 Å². The van der Waals surface area contributed by atoms with E-state index in [1.807, 2.05) is 36.7 Å². The zero-order chi connectivity index (χ0) is 17.3. The Bertz CT molecular complexity index is 889. The lowest BCUT2D eigenvalue weighted by Gasteiger charge is -2.15. The van der Waals surface area contributed by atoms with Gasteiger partial charge < -0.3 is 4.74 Å². The second-order valence-corrected chi connectivity index (χ2v) is 6.30. The maximum Gasteiger partial charge on any atom is 0.340 e. The first-order chi connectivity index (χ1) is 11.5. The predicted molar refractivity (Wildman–Crippen MR) is 93.2 cm³/mol. The highest BCUT2D eigenvalue weighted by Crippen LogP contribution is 2.26. The summed E-state index contributed by atoms with van der Waals surface area (Å²) in [4.78, 5) is 16.7. The number of rotatable bonds is 4. The van der Waals surface area contributed by atoms with E-state index in [2.05, 4.69) is 10.1 Å². The first kappa shape index (κ1) is 16.5. The van der Waals surface area contributed by atoms with Gasteiger partial charge in [0.15, 0.2) is 5.65 Å². The number of carbonyl (C=O) groups is 1. The average Bonchev–Trinajstić information content (AvgIpc) is 2.98. The van der Waals surface area contributed by atoms with Crippen molar-refractivity contribution in [3.63, 3.8) is 0 Å². The number of pyridine rings is 1. The minimum Gasteiger partial charge on any atom is -0.454 e. The number of halogens is 1. The summed E-state index contributed by atoms with van der Waals surface area (Å²) < 4.78 is 7.33. The molecular weight excluding hydrogens is 326 g/mol. The molecular formula is C18H18ClN3O2. The van der Waals surface area contributed by atoms with Crippen molar-refractivity contribution in [2.45, 2.75) is 32.9 Å². The van der Waals surface area contributed by atoms with Crippen LogP contribution in [0.2, 0.25) is 5.02 Å². The molecule has 0 saturated heterocycles. The summed E-state index contributed by atoms with van der Waals surface area (Å²) in [5, 5.41) is 5.68. The number of hydrogen-bond donors (Lipinski definition) is 0. The van der Waals surface area contributed by atoms with Gasteiger partial charge in [0.25, 0.3) is 0 Å². The second-order valence-electron chi connectivity index (χ2n) is 5.89. The molecule has 3 aromatic rings. The van der Waals surface area contributed by atoms with Crippen molar-refractivity contribution in [2.24, 2.45) is 0 Å². The number of nitrogens with zero attached hydrogens (tertiary/aromatic N) is 3. The molecule has 6 heteroatoms. The third-order valence-corrected chi connectivity index (χ3v) is 4.13. The third kappa shape index (κ3) is 3.12. The van der Waals surface area contributed by atoms with Crippen molar-refractivity contribution < 1.29 is 9.53 Å². The van der Waals surface area contributed by atoms with Crippen LogP contribution >= 0.6 is 11.6 Å². The summed E-state index contributed by atoms with van der Waals surface area (Å²) >= 11 is 6.14. The van der Waals surface area contributed by atoms with Gasteiger partial charge in [0.2, 0.25) is 0 Å². The van der Waals surface area contributed by atoms with Crippen molar-refractivity contribution >= 4 is 28.6 Å². The zero-order valence-electron chi connectivity index (χ0n) is 13.7. The predicted octanol–water partition coefficient (Wildman–Crippen LogP) is 4.58. The number of fused-ring (bicyclic) bond motifs is 1. The first-order valence-electron chi connectivity index (χ1n) is 7.76. The summed E-state index contributed by atoms with van der Waals surface area (Å²) in [7, 11) is 0. The topological polar surface area (TPSA) is 57.0 Å². The summed E-state index contributed by atoms with van der Waals surface area (Å²) in [6.45, 7) is 5.85. The van der Waals surface area contributed by atoms with Crippen molar-refractivity contribution in [3.8, 4) is 0 Å². The minimum atomic E-state index is -0.444. The van der Waals surface area contributed by atoms with Crippen LogP contribution in [-0.4, -0.2) is 20.7 Å². The Morgan fingerprint density at radius 1 is 1.21 bits per heavy atom. The van der Waals surface area contributed by atoms with Gasteiger partial charge in [-0.15, -0.1) is 0 Å². The molecule has 0 saturated carbocycles. The second kappa shape index (κ2) is 6.61. The van der Waals surface area contributed by atoms with E-state index in [4.69, 9.17) is 16.3 Å². The number of esters is 1. The normalized spacial score (nSPS) is 12.5. The lowest BCUT2D eigenvalue weighted by atomic mass is 10.1. The highest BCUT2D eigenvalue weighted by Gasteiger charge is 2.17. The molecule has 0 aliphatic rings. The number of ether oxygens (including phenoxy) is 1. The molecule has 1 unspecified atom stereocenters. The van der Waals surface area contributed by atoms with Crippen LogP contribution in [0.4, 0.5) is 0 Å². The fourth-order valence-corrected chi connectivity index (χ4v) is 2.82. The number of aromatic nitrogens is 3. The van der Waals surface area contributed by atoms with Crippen molar-refractivity contribution in [1.29, 1.82) is 0 Å². The average molecular weight is 344 g/mol. The summed E-state index contributed by atoms with van der Waals surface area (Å²) in [5.41, 5.74) is 1.92. The van der Waals surface area contributed by atoms with E-state index in [1.165, 1.54) is 6.20 Å². The van der Waals surface area contributed by atoms with Gasteiger partial charge in [-0.05, 0) is 32.9 Å². The van der Waals surface area contributed by atoms with Crippen LogP contribution in [-0.2, 0) is 4.74 Å². The van der Waals surface area contributed by atoms with Gasteiger partial charge >= 0.3 is 5.97 Å². The highest BCUT2D eigenvalue weighted by atomic mass is 35.5. The van der Waals surface area contributed by atoms with Gasteiger partial charge in [0, 0.05) is 28.2 Å². The summed E-state index contributed by atoms with van der Waals surface area (Å²) in [6.07, 6.45) is 2.78. The Hall–Kier alpha value is -2.40. The van der Waals surface area contributed by atoms with Crippen LogP contribution < -0.4 is 0 Å². The fraction of sp³-hybridized carbons (Fsp3) is 0.278. The highest BCUT2D eigenvalue weighted by molar-refractivity contribution is 6.31. The summed E-state index contributed by atoms with van der Waals surface area (Å²) in [6, 6.07) is 9.26. The smallest absolute Gasteiger partial charge is 0.340 e. The van der Waals surface area contributed by atoms with Gasteiger partial charge in [-0.25, -0.2) is 14.5 Å². The van der Waals surface area contributed by atoms with Crippen LogP contribution in [0, 0.1) is 0 Å². The van der Waals surface area contributed by atoms with E-state index in [0.29, 0.717) is 10.6 Å². The van der Waals surface area contributed by atoms with Crippen molar-refractivity contribution in [1.82, 2.24) is 14.8 Å². The molecule has 2 heterocycles. The third-order valence-electron chi connectivity index (χ3n) is 3.79. The van der Waals surface area contributed by atoms with Crippen molar-refractivity contribution in [2.75, 3.05) is 0 Å². The Balaban J connectivity index is 1.82. The lowest BCUT2D eigenvalue weighted by Crippen LogP contribution is -2.10. The van der Waals surface area contributed by atoms with E-state index >= 15 is 0 Å². The molecule has 0 aliphatic carbocycles. The zero-order valence-corrected chi connectivity index (χ0v) is 14.5. The van der Waals surface area contributed by atoms with Gasteiger partial charge in [-0.1, -0.05) is 29.8 Å². The molecule has 0 fully saturated rings. The summed E-state index contributed by atoms with van der Waals surface area (Å²) in [5.74, 6) is -0.436. The van der Waals surface area contributed by atoms with Crippen LogP contribution in [0.3, 0.4) is 0 Å². The minimum absolute atomic E-state index is 0.202. The van der Waals surface area contributed by atoms with Crippen LogP contribution in [0.15, 0.2) is 42.7 Å². The fourth-order valence-electron chi connectivity index (χ4n) is 2.53. The van der Waals surface area contributed by atoms with Crippen LogP contribution in [0.1, 0.15) is 48.8 Å². The van der Waals surface area contributed by atoms with Crippen LogP contribution in [0.25, 0.3) is 11.0 Å². The molecule has 0 amide bonds. The molecule has 0 spiro atoms. The molecule has 5 nitrogen and oxygen atoms in total. The first-order valence-corrected chi connectivity index (χ1v) is 8.14. The largest absolute Gasteiger partial charge is 0.454 e. The molecule has 0 aliphatic heterocycles. The van der Waals surface area contributed by atoms with Crippen LogP contribution in [0.5, 0.6) is 0 Å². The maximum atomic E-state index is 12.4. The van der Waals surface area contributed by atoms with E-state index in [1.54, 1.807) is 25.3 Å². The number of hydrogen-bond acceptors (Lipinski definition) is 4.